The number of ether oxygens (including phenoxy) is 1. The standard InChI is InChI=1S/C10H14N2O4/c1-2-16-10(15)8-5-7(9(13)14)6-12(8)4-3-11/h5-6H,2-4,11H2,1H3,(H,13,14). The molecule has 0 unspecified atom stereocenters. The minimum Gasteiger partial charge on any atom is -0.478 e. The van der Waals surface area contributed by atoms with E-state index in [1.54, 1.807) is 6.92 Å². The molecule has 0 bridgehead atoms. The average Bonchev–Trinajstić information content (AvgIpc) is 2.63. The van der Waals surface area contributed by atoms with Gasteiger partial charge in [-0.3, -0.25) is 0 Å². The van der Waals surface area contributed by atoms with Gasteiger partial charge in [-0.15, -0.1) is 0 Å². The van der Waals surface area contributed by atoms with E-state index in [0.717, 1.165) is 0 Å². The summed E-state index contributed by atoms with van der Waals surface area (Å²) in [6.07, 6.45) is 1.38. The van der Waals surface area contributed by atoms with E-state index in [0.29, 0.717) is 13.1 Å². The Labute approximate surface area is 92.6 Å². The van der Waals surface area contributed by atoms with E-state index in [2.05, 4.69) is 0 Å². The predicted molar refractivity (Wildman–Crippen MR) is 56.4 cm³/mol. The lowest BCUT2D eigenvalue weighted by Crippen LogP contribution is -2.16. The third kappa shape index (κ3) is 2.60. The molecule has 0 saturated heterocycles. The molecular formula is C10H14N2O4. The van der Waals surface area contributed by atoms with Crippen LogP contribution in [-0.2, 0) is 11.3 Å². The van der Waals surface area contributed by atoms with Gasteiger partial charge in [-0.1, -0.05) is 0 Å². The quantitative estimate of drug-likeness (QED) is 0.705. The molecule has 0 aromatic carbocycles. The molecule has 0 fully saturated rings. The number of esters is 1. The van der Waals surface area contributed by atoms with Gasteiger partial charge in [-0.05, 0) is 13.0 Å². The number of hydrogen-bond acceptors (Lipinski definition) is 4. The summed E-state index contributed by atoms with van der Waals surface area (Å²) in [4.78, 5) is 22.3. The van der Waals surface area contributed by atoms with Crippen molar-refractivity contribution >= 4 is 11.9 Å². The second kappa shape index (κ2) is 5.32. The molecule has 88 valence electrons. The molecule has 1 rings (SSSR count). The molecule has 6 heteroatoms. The summed E-state index contributed by atoms with van der Waals surface area (Å²) in [7, 11) is 0. The number of carbonyl (C=O) groups is 2. The number of nitrogens with two attached hydrogens (primary N) is 1. The maximum atomic E-state index is 11.5. The Bertz CT molecular complexity index is 398. The largest absolute Gasteiger partial charge is 0.478 e. The third-order valence-electron chi connectivity index (χ3n) is 2.00. The van der Waals surface area contributed by atoms with Crippen LogP contribution in [0.3, 0.4) is 0 Å². The first-order valence-electron chi connectivity index (χ1n) is 4.90. The number of nitrogens with zero attached hydrogens (tertiary/aromatic N) is 1. The molecule has 6 nitrogen and oxygen atoms in total. The van der Waals surface area contributed by atoms with Gasteiger partial charge in [-0.2, -0.15) is 0 Å². The number of carboxylic acids is 1. The molecule has 1 aromatic rings. The topological polar surface area (TPSA) is 94.5 Å². The smallest absolute Gasteiger partial charge is 0.354 e. The van der Waals surface area contributed by atoms with Gasteiger partial charge in [0.05, 0.1) is 12.2 Å². The molecule has 16 heavy (non-hydrogen) atoms. The van der Waals surface area contributed by atoms with Crippen LogP contribution < -0.4 is 5.73 Å². The second-order valence-corrected chi connectivity index (χ2v) is 3.12. The average molecular weight is 226 g/mol. The Morgan fingerprint density at radius 1 is 1.56 bits per heavy atom. The van der Waals surface area contributed by atoms with Crippen LogP contribution in [0, 0.1) is 0 Å². The molecule has 0 radical (unpaired) electrons. The number of carboxylic acid groups (broad SMARTS) is 1. The van der Waals surface area contributed by atoms with Gasteiger partial charge in [0.15, 0.2) is 0 Å². The normalized spacial score (nSPS) is 10.1. The predicted octanol–water partition coefficient (Wildman–Crippen LogP) is 0.322. The molecule has 3 N–H and O–H groups in total. The molecule has 0 saturated carbocycles. The Morgan fingerprint density at radius 3 is 2.75 bits per heavy atom. The van der Waals surface area contributed by atoms with Crippen LogP contribution in [0.25, 0.3) is 0 Å². The zero-order valence-corrected chi connectivity index (χ0v) is 8.97. The van der Waals surface area contributed by atoms with Crippen LogP contribution in [0.5, 0.6) is 0 Å². The lowest BCUT2D eigenvalue weighted by molar-refractivity contribution is 0.0514. The first-order valence-corrected chi connectivity index (χ1v) is 4.90. The van der Waals surface area contributed by atoms with Crippen molar-refractivity contribution < 1.29 is 19.4 Å². The van der Waals surface area contributed by atoms with Gasteiger partial charge in [0, 0.05) is 19.3 Å². The third-order valence-corrected chi connectivity index (χ3v) is 2.00. The maximum absolute atomic E-state index is 11.5. The van der Waals surface area contributed by atoms with Gasteiger partial charge >= 0.3 is 11.9 Å². The van der Waals surface area contributed by atoms with Crippen LogP contribution in [0.1, 0.15) is 27.8 Å². The van der Waals surface area contributed by atoms with Gasteiger partial charge in [0.1, 0.15) is 5.69 Å². The summed E-state index contributed by atoms with van der Waals surface area (Å²) < 4.78 is 6.30. The van der Waals surface area contributed by atoms with Gasteiger partial charge in [-0.25, -0.2) is 9.59 Å². The molecule has 1 aromatic heterocycles. The van der Waals surface area contributed by atoms with Crippen molar-refractivity contribution in [2.24, 2.45) is 5.73 Å². The van der Waals surface area contributed by atoms with Crippen molar-refractivity contribution in [2.45, 2.75) is 13.5 Å². The van der Waals surface area contributed by atoms with E-state index in [1.165, 1.54) is 16.8 Å². The molecule has 0 aliphatic heterocycles. The van der Waals surface area contributed by atoms with Crippen LogP contribution in [-0.4, -0.2) is 34.8 Å². The van der Waals surface area contributed by atoms with Crippen molar-refractivity contribution in [3.05, 3.63) is 23.5 Å². The Hall–Kier alpha value is -1.82. The number of rotatable bonds is 5. The van der Waals surface area contributed by atoms with E-state index in [-0.39, 0.29) is 17.9 Å². The molecular weight excluding hydrogens is 212 g/mol. The molecule has 0 spiro atoms. The number of aromatic nitrogens is 1. The number of hydrogen-bond donors (Lipinski definition) is 2. The zero-order valence-electron chi connectivity index (χ0n) is 8.97. The van der Waals surface area contributed by atoms with Gasteiger partial charge < -0.3 is 20.1 Å². The summed E-state index contributed by atoms with van der Waals surface area (Å²) in [6.45, 7) is 2.63. The van der Waals surface area contributed by atoms with E-state index in [4.69, 9.17) is 15.6 Å². The fourth-order valence-corrected chi connectivity index (χ4v) is 1.33. The van der Waals surface area contributed by atoms with Crippen molar-refractivity contribution in [1.29, 1.82) is 0 Å². The Morgan fingerprint density at radius 2 is 2.25 bits per heavy atom. The van der Waals surface area contributed by atoms with Crippen LogP contribution in [0.4, 0.5) is 0 Å². The highest BCUT2D eigenvalue weighted by atomic mass is 16.5. The summed E-state index contributed by atoms with van der Waals surface area (Å²) in [5, 5.41) is 8.81. The van der Waals surface area contributed by atoms with E-state index in [9.17, 15) is 9.59 Å². The summed E-state index contributed by atoms with van der Waals surface area (Å²) in [6, 6.07) is 1.29. The van der Waals surface area contributed by atoms with Crippen molar-refractivity contribution in [3.8, 4) is 0 Å². The molecule has 0 amide bonds. The van der Waals surface area contributed by atoms with E-state index < -0.39 is 11.9 Å². The number of aromatic carboxylic acids is 1. The highest BCUT2D eigenvalue weighted by Gasteiger charge is 2.17. The fourth-order valence-electron chi connectivity index (χ4n) is 1.33. The Balaban J connectivity index is 3.04. The minimum atomic E-state index is -1.08. The van der Waals surface area contributed by atoms with Crippen LogP contribution >= 0.6 is 0 Å². The number of carbonyl (C=O) groups excluding carboxylic acids is 1. The molecule has 0 aliphatic rings. The SMILES string of the molecule is CCOC(=O)c1cc(C(=O)O)cn1CCN. The zero-order chi connectivity index (χ0) is 12.1. The fraction of sp³-hybridized carbons (Fsp3) is 0.400. The highest BCUT2D eigenvalue weighted by molar-refractivity contribution is 5.94. The Kier molecular flexibility index (Phi) is 4.07. The summed E-state index contributed by atoms with van der Waals surface area (Å²) in [5.74, 6) is -1.62. The van der Waals surface area contributed by atoms with Crippen LogP contribution in [0.15, 0.2) is 12.3 Å². The minimum absolute atomic E-state index is 0.0523. The van der Waals surface area contributed by atoms with Crippen molar-refractivity contribution in [3.63, 3.8) is 0 Å². The first kappa shape index (κ1) is 12.3. The van der Waals surface area contributed by atoms with Crippen molar-refractivity contribution in [1.82, 2.24) is 4.57 Å². The van der Waals surface area contributed by atoms with Crippen LogP contribution in [0.2, 0.25) is 0 Å². The highest BCUT2D eigenvalue weighted by Crippen LogP contribution is 2.10. The summed E-state index contributed by atoms with van der Waals surface area (Å²) >= 11 is 0. The second-order valence-electron chi connectivity index (χ2n) is 3.12. The summed E-state index contributed by atoms with van der Waals surface area (Å²) in [5.41, 5.74) is 5.63. The first-order chi connectivity index (χ1) is 7.60. The lowest BCUT2D eigenvalue weighted by Gasteiger charge is -2.06. The van der Waals surface area contributed by atoms with Crippen molar-refractivity contribution in [2.75, 3.05) is 13.2 Å². The molecule has 0 atom stereocenters. The molecule has 1 heterocycles. The van der Waals surface area contributed by atoms with Gasteiger partial charge in [0.2, 0.25) is 0 Å². The maximum Gasteiger partial charge on any atom is 0.354 e. The lowest BCUT2D eigenvalue weighted by atomic mass is 10.3. The molecule has 0 aliphatic carbocycles. The van der Waals surface area contributed by atoms with E-state index >= 15 is 0 Å². The van der Waals surface area contributed by atoms with E-state index in [1.807, 2.05) is 0 Å². The monoisotopic (exact) mass is 226 g/mol. The van der Waals surface area contributed by atoms with Gasteiger partial charge in [0.25, 0.3) is 0 Å².